The van der Waals surface area contributed by atoms with Crippen molar-refractivity contribution in [2.24, 2.45) is 0 Å². The number of carboxylic acid groups (broad SMARTS) is 1. The summed E-state index contributed by atoms with van der Waals surface area (Å²) < 4.78 is 0. The minimum absolute atomic E-state index is 0.191. The second-order valence-electron chi connectivity index (χ2n) is 3.40. The molecule has 15 heavy (non-hydrogen) atoms. The highest BCUT2D eigenvalue weighted by Gasteiger charge is 2.21. The van der Waals surface area contributed by atoms with Crippen LogP contribution < -0.4 is 0 Å². The Balaban J connectivity index is 2.55. The Bertz CT molecular complexity index is 276. The van der Waals surface area contributed by atoms with Gasteiger partial charge in [0.2, 0.25) is 0 Å². The maximum Gasteiger partial charge on any atom is 0.323 e. The fraction of sp³-hybridized carbons (Fsp3) is 0.600. The van der Waals surface area contributed by atoms with Gasteiger partial charge in [-0.2, -0.15) is 0 Å². The van der Waals surface area contributed by atoms with Gasteiger partial charge < -0.3 is 14.9 Å². The molecule has 0 saturated heterocycles. The lowest BCUT2D eigenvalue weighted by molar-refractivity contribution is -0.137. The monoisotopic (exact) mass is 212 g/mol. The van der Waals surface area contributed by atoms with E-state index in [4.69, 9.17) is 5.11 Å². The summed E-state index contributed by atoms with van der Waals surface area (Å²) in [6.07, 6.45) is 4.80. The molecule has 1 heterocycles. The zero-order valence-corrected chi connectivity index (χ0v) is 8.85. The second-order valence-corrected chi connectivity index (χ2v) is 3.40. The number of carbonyl (C=O) groups excluding carboxylic acids is 1. The van der Waals surface area contributed by atoms with E-state index in [1.807, 2.05) is 12.2 Å². The van der Waals surface area contributed by atoms with Crippen LogP contribution in [0.25, 0.3) is 0 Å². The first-order chi connectivity index (χ1) is 7.15. The lowest BCUT2D eigenvalue weighted by atomic mass is 10.2. The highest BCUT2D eigenvalue weighted by atomic mass is 16.4. The summed E-state index contributed by atoms with van der Waals surface area (Å²) in [6, 6.07) is -0.191. The van der Waals surface area contributed by atoms with E-state index in [-0.39, 0.29) is 12.6 Å². The molecule has 0 aromatic rings. The minimum Gasteiger partial charge on any atom is -0.480 e. The third-order valence-corrected chi connectivity index (χ3v) is 2.31. The number of aliphatic carboxylic acids is 1. The Kier molecular flexibility index (Phi) is 4.15. The minimum atomic E-state index is -0.974. The second kappa shape index (κ2) is 5.38. The largest absolute Gasteiger partial charge is 0.480 e. The van der Waals surface area contributed by atoms with Crippen molar-refractivity contribution in [1.82, 2.24) is 9.80 Å². The summed E-state index contributed by atoms with van der Waals surface area (Å²) in [5.41, 5.74) is 0. The standard InChI is InChI=1S/C10H16N2O3/c1-2-11(8-9(13)14)10(15)12-6-4-3-5-7-12/h3-4H,2,5-8H2,1H3,(H,13,14). The topological polar surface area (TPSA) is 60.9 Å². The third-order valence-electron chi connectivity index (χ3n) is 2.31. The van der Waals surface area contributed by atoms with Crippen LogP contribution in [-0.2, 0) is 4.79 Å². The van der Waals surface area contributed by atoms with Crippen LogP contribution in [0.1, 0.15) is 13.3 Å². The molecule has 0 radical (unpaired) electrons. The van der Waals surface area contributed by atoms with Gasteiger partial charge in [0, 0.05) is 19.6 Å². The van der Waals surface area contributed by atoms with Crippen LogP contribution in [0.3, 0.4) is 0 Å². The van der Waals surface area contributed by atoms with Crippen LogP contribution in [0.4, 0.5) is 4.79 Å². The lowest BCUT2D eigenvalue weighted by Gasteiger charge is -2.29. The number of urea groups is 1. The predicted molar refractivity (Wildman–Crippen MR) is 55.6 cm³/mol. The Morgan fingerprint density at radius 2 is 2.20 bits per heavy atom. The molecule has 5 heteroatoms. The molecule has 0 aromatic carbocycles. The number of amides is 2. The van der Waals surface area contributed by atoms with Gasteiger partial charge in [0.1, 0.15) is 6.54 Å². The van der Waals surface area contributed by atoms with Crippen molar-refractivity contribution in [3.8, 4) is 0 Å². The van der Waals surface area contributed by atoms with Crippen molar-refractivity contribution in [3.63, 3.8) is 0 Å². The molecule has 0 aliphatic carbocycles. The summed E-state index contributed by atoms with van der Waals surface area (Å²) >= 11 is 0. The number of hydrogen-bond acceptors (Lipinski definition) is 2. The normalized spacial score (nSPS) is 15.1. The van der Waals surface area contributed by atoms with Crippen molar-refractivity contribution >= 4 is 12.0 Å². The van der Waals surface area contributed by atoms with Gasteiger partial charge >= 0.3 is 12.0 Å². The first-order valence-corrected chi connectivity index (χ1v) is 5.05. The van der Waals surface area contributed by atoms with Gasteiger partial charge in [0.25, 0.3) is 0 Å². The molecule has 2 amide bonds. The molecule has 0 spiro atoms. The molecule has 1 rings (SSSR count). The average Bonchev–Trinajstić information content (AvgIpc) is 2.26. The molecule has 1 aliphatic heterocycles. The van der Waals surface area contributed by atoms with Gasteiger partial charge in [-0.15, -0.1) is 0 Å². The van der Waals surface area contributed by atoms with Gasteiger partial charge in [0.15, 0.2) is 0 Å². The van der Waals surface area contributed by atoms with Crippen LogP contribution in [-0.4, -0.2) is 53.1 Å². The third kappa shape index (κ3) is 3.27. The van der Waals surface area contributed by atoms with E-state index in [0.29, 0.717) is 19.6 Å². The number of hydrogen-bond donors (Lipinski definition) is 1. The van der Waals surface area contributed by atoms with Crippen LogP contribution >= 0.6 is 0 Å². The Morgan fingerprint density at radius 1 is 1.47 bits per heavy atom. The average molecular weight is 212 g/mol. The van der Waals surface area contributed by atoms with Gasteiger partial charge in [-0.3, -0.25) is 4.79 Å². The Hall–Kier alpha value is -1.52. The van der Waals surface area contributed by atoms with Gasteiger partial charge in [-0.05, 0) is 13.3 Å². The predicted octanol–water partition coefficient (Wildman–Crippen LogP) is 0.775. The zero-order chi connectivity index (χ0) is 11.3. The van der Waals surface area contributed by atoms with E-state index in [2.05, 4.69) is 0 Å². The number of carboxylic acids is 1. The summed E-state index contributed by atoms with van der Waals surface area (Å²) in [6.45, 7) is 3.22. The van der Waals surface area contributed by atoms with Crippen LogP contribution in [0.5, 0.6) is 0 Å². The summed E-state index contributed by atoms with van der Waals surface area (Å²) in [4.78, 5) is 25.3. The smallest absolute Gasteiger partial charge is 0.323 e. The van der Waals surface area contributed by atoms with E-state index in [0.717, 1.165) is 6.42 Å². The summed E-state index contributed by atoms with van der Waals surface area (Å²) in [5, 5.41) is 8.64. The molecular weight excluding hydrogens is 196 g/mol. The fourth-order valence-electron chi connectivity index (χ4n) is 1.49. The molecule has 0 atom stereocenters. The number of nitrogens with zero attached hydrogens (tertiary/aromatic N) is 2. The zero-order valence-electron chi connectivity index (χ0n) is 8.85. The van der Waals surface area contributed by atoms with Crippen molar-refractivity contribution in [1.29, 1.82) is 0 Å². The molecule has 0 bridgehead atoms. The number of rotatable bonds is 3. The van der Waals surface area contributed by atoms with E-state index < -0.39 is 5.97 Å². The SMILES string of the molecule is CCN(CC(=O)O)C(=O)N1CC=CCC1. The highest BCUT2D eigenvalue weighted by molar-refractivity contribution is 5.80. The quantitative estimate of drug-likeness (QED) is 0.703. The van der Waals surface area contributed by atoms with Gasteiger partial charge in [0.05, 0.1) is 0 Å². The van der Waals surface area contributed by atoms with Crippen LogP contribution in [0.15, 0.2) is 12.2 Å². The first kappa shape index (κ1) is 11.6. The molecule has 5 nitrogen and oxygen atoms in total. The Morgan fingerprint density at radius 3 is 2.67 bits per heavy atom. The molecule has 1 N–H and O–H groups in total. The Labute approximate surface area is 89.0 Å². The van der Waals surface area contributed by atoms with Crippen molar-refractivity contribution < 1.29 is 14.7 Å². The van der Waals surface area contributed by atoms with Crippen molar-refractivity contribution in [3.05, 3.63) is 12.2 Å². The maximum atomic E-state index is 11.8. The van der Waals surface area contributed by atoms with Crippen LogP contribution in [0.2, 0.25) is 0 Å². The molecule has 84 valence electrons. The lowest BCUT2D eigenvalue weighted by Crippen LogP contribution is -2.46. The molecular formula is C10H16N2O3. The van der Waals surface area contributed by atoms with Gasteiger partial charge in [-0.25, -0.2) is 4.79 Å². The number of likely N-dealkylation sites (N-methyl/N-ethyl adjacent to an activating group) is 1. The molecule has 1 aliphatic rings. The fourth-order valence-corrected chi connectivity index (χ4v) is 1.49. The van der Waals surface area contributed by atoms with E-state index >= 15 is 0 Å². The van der Waals surface area contributed by atoms with E-state index in [1.165, 1.54) is 4.90 Å². The summed E-state index contributed by atoms with van der Waals surface area (Å²) in [5.74, 6) is -0.974. The van der Waals surface area contributed by atoms with E-state index in [1.54, 1.807) is 11.8 Å². The number of carbonyl (C=O) groups is 2. The van der Waals surface area contributed by atoms with Crippen LogP contribution in [0, 0.1) is 0 Å². The first-order valence-electron chi connectivity index (χ1n) is 5.05. The highest BCUT2D eigenvalue weighted by Crippen LogP contribution is 2.05. The molecule has 0 unspecified atom stereocenters. The van der Waals surface area contributed by atoms with Gasteiger partial charge in [-0.1, -0.05) is 12.2 Å². The molecule has 0 fully saturated rings. The maximum absolute atomic E-state index is 11.8. The van der Waals surface area contributed by atoms with Crippen molar-refractivity contribution in [2.45, 2.75) is 13.3 Å². The molecule has 0 saturated carbocycles. The summed E-state index contributed by atoms with van der Waals surface area (Å²) in [7, 11) is 0. The van der Waals surface area contributed by atoms with Crippen molar-refractivity contribution in [2.75, 3.05) is 26.2 Å². The molecule has 0 aromatic heterocycles. The van der Waals surface area contributed by atoms with E-state index in [9.17, 15) is 9.59 Å².